The number of aliphatic carboxylic acids is 1. The fourth-order valence-electron chi connectivity index (χ4n) is 4.47. The van der Waals surface area contributed by atoms with Gasteiger partial charge in [0.1, 0.15) is 18.2 Å². The van der Waals surface area contributed by atoms with Crippen LogP contribution in [0.4, 0.5) is 13.2 Å². The van der Waals surface area contributed by atoms with Crippen molar-refractivity contribution in [2.45, 2.75) is 73.3 Å². The molecule has 212 valence electrons. The number of ether oxygens (including phenoxy) is 2. The van der Waals surface area contributed by atoms with Crippen molar-refractivity contribution >= 4 is 5.97 Å². The number of carbonyl (C=O) groups is 1. The minimum absolute atomic E-state index is 0.0532. The SMILES string of the molecule is CC.CCCC(C)(C)Cc1cc(COc2cc(F)cc(CCC(=O)O)c2F)ccc1-c1cc(OC)ncc1F. The number of hydrogen-bond acceptors (Lipinski definition) is 4. The molecule has 0 aliphatic rings. The zero-order valence-electron chi connectivity index (χ0n) is 23.5. The van der Waals surface area contributed by atoms with Gasteiger partial charge in [-0.15, -0.1) is 0 Å². The van der Waals surface area contributed by atoms with E-state index < -0.39 is 23.4 Å². The lowest BCUT2D eigenvalue weighted by Crippen LogP contribution is -2.15. The molecule has 0 aliphatic heterocycles. The normalized spacial score (nSPS) is 11.0. The number of carboxylic acids is 1. The Bertz CT molecular complexity index is 1260. The molecule has 0 saturated heterocycles. The quantitative estimate of drug-likeness (QED) is 0.249. The number of halogens is 3. The summed E-state index contributed by atoms with van der Waals surface area (Å²) in [5, 5.41) is 8.87. The van der Waals surface area contributed by atoms with Crippen LogP contribution in [0.2, 0.25) is 0 Å². The number of benzene rings is 2. The summed E-state index contributed by atoms with van der Waals surface area (Å²) in [6.07, 6.45) is 3.26. The van der Waals surface area contributed by atoms with Crippen LogP contribution in [0.5, 0.6) is 11.6 Å². The number of methoxy groups -OCH3 is 1. The van der Waals surface area contributed by atoms with E-state index in [2.05, 4.69) is 25.8 Å². The monoisotopic (exact) mass is 545 g/mol. The van der Waals surface area contributed by atoms with Gasteiger partial charge in [-0.1, -0.05) is 59.2 Å². The molecule has 2 aromatic carbocycles. The number of hydrogen-bond donors (Lipinski definition) is 1. The number of nitrogens with zero attached hydrogens (tertiary/aromatic N) is 1. The molecule has 0 aliphatic carbocycles. The summed E-state index contributed by atoms with van der Waals surface area (Å²) in [5.41, 5.74) is 2.51. The summed E-state index contributed by atoms with van der Waals surface area (Å²) in [4.78, 5) is 14.8. The first-order chi connectivity index (χ1) is 18.5. The molecule has 3 rings (SSSR count). The van der Waals surface area contributed by atoms with Crippen molar-refractivity contribution in [3.05, 3.63) is 76.7 Å². The first kappa shape index (κ1) is 31.7. The number of pyridine rings is 1. The lowest BCUT2D eigenvalue weighted by molar-refractivity contribution is -0.136. The third kappa shape index (κ3) is 9.01. The van der Waals surface area contributed by atoms with Gasteiger partial charge in [0.05, 0.1) is 13.3 Å². The third-order valence-corrected chi connectivity index (χ3v) is 6.18. The van der Waals surface area contributed by atoms with Gasteiger partial charge in [-0.05, 0) is 53.0 Å². The van der Waals surface area contributed by atoms with E-state index in [-0.39, 0.29) is 36.2 Å². The van der Waals surface area contributed by atoms with Crippen LogP contribution in [0.15, 0.2) is 42.6 Å². The Kier molecular flexibility index (Phi) is 11.8. The van der Waals surface area contributed by atoms with Crippen LogP contribution in [0.3, 0.4) is 0 Å². The first-order valence-corrected chi connectivity index (χ1v) is 13.2. The van der Waals surface area contributed by atoms with Crippen molar-refractivity contribution in [3.8, 4) is 22.8 Å². The van der Waals surface area contributed by atoms with Crippen molar-refractivity contribution in [3.63, 3.8) is 0 Å². The molecule has 1 aromatic heterocycles. The number of rotatable bonds is 12. The van der Waals surface area contributed by atoms with Crippen LogP contribution in [0.1, 0.15) is 70.6 Å². The molecule has 1 N–H and O–H groups in total. The van der Waals surface area contributed by atoms with E-state index in [9.17, 15) is 18.0 Å². The first-order valence-electron chi connectivity index (χ1n) is 13.2. The topological polar surface area (TPSA) is 68.7 Å². The minimum atomic E-state index is -1.10. The highest BCUT2D eigenvalue weighted by molar-refractivity contribution is 5.69. The minimum Gasteiger partial charge on any atom is -0.486 e. The second-order valence-electron chi connectivity index (χ2n) is 9.85. The lowest BCUT2D eigenvalue weighted by atomic mass is 9.79. The molecule has 0 bridgehead atoms. The van der Waals surface area contributed by atoms with E-state index >= 15 is 0 Å². The van der Waals surface area contributed by atoms with Gasteiger partial charge in [0.25, 0.3) is 0 Å². The van der Waals surface area contributed by atoms with Crippen molar-refractivity contribution in [2.75, 3.05) is 7.11 Å². The van der Waals surface area contributed by atoms with Crippen LogP contribution in [-0.4, -0.2) is 23.2 Å². The molecule has 8 heteroatoms. The second-order valence-corrected chi connectivity index (χ2v) is 9.85. The molecule has 0 atom stereocenters. The van der Waals surface area contributed by atoms with E-state index in [4.69, 9.17) is 14.6 Å². The van der Waals surface area contributed by atoms with E-state index in [1.165, 1.54) is 7.11 Å². The van der Waals surface area contributed by atoms with Crippen molar-refractivity contribution in [1.29, 1.82) is 0 Å². The highest BCUT2D eigenvalue weighted by Crippen LogP contribution is 2.35. The molecule has 0 spiro atoms. The molecule has 0 saturated carbocycles. The average molecular weight is 546 g/mol. The molecule has 0 fully saturated rings. The molecular weight excluding hydrogens is 507 g/mol. The summed E-state index contributed by atoms with van der Waals surface area (Å²) in [7, 11) is 1.47. The number of carboxylic acid groups (broad SMARTS) is 1. The van der Waals surface area contributed by atoms with Gasteiger partial charge >= 0.3 is 5.97 Å². The van der Waals surface area contributed by atoms with Gasteiger partial charge in [-0.25, -0.2) is 18.2 Å². The predicted octanol–water partition coefficient (Wildman–Crippen LogP) is 8.17. The van der Waals surface area contributed by atoms with Crippen molar-refractivity contribution in [2.24, 2.45) is 5.41 Å². The Morgan fingerprint density at radius 2 is 1.74 bits per heavy atom. The largest absolute Gasteiger partial charge is 0.486 e. The predicted molar refractivity (Wildman–Crippen MR) is 147 cm³/mol. The standard InChI is InChI=1S/C29H32F3NO4.C2H6/c1-5-10-29(2,3)15-20-11-18(6-8-22(20)23-14-26(36-4)33-16-24(23)31)17-37-25-13-21(30)12-19(28(25)32)7-9-27(34)35;1-2/h6,8,11-14,16H,5,7,9-10,15,17H2,1-4H3,(H,34,35);1-2H3. The zero-order valence-corrected chi connectivity index (χ0v) is 23.5. The van der Waals surface area contributed by atoms with Gasteiger partial charge in [-0.2, -0.15) is 0 Å². The van der Waals surface area contributed by atoms with E-state index in [0.717, 1.165) is 36.7 Å². The zero-order chi connectivity index (χ0) is 29.2. The van der Waals surface area contributed by atoms with Gasteiger partial charge in [0, 0.05) is 24.1 Å². The highest BCUT2D eigenvalue weighted by atomic mass is 19.1. The van der Waals surface area contributed by atoms with Gasteiger partial charge < -0.3 is 14.6 Å². The molecule has 1 heterocycles. The van der Waals surface area contributed by atoms with Gasteiger partial charge in [-0.3, -0.25) is 4.79 Å². The maximum absolute atomic E-state index is 14.8. The Hall–Kier alpha value is -3.55. The van der Waals surface area contributed by atoms with Crippen LogP contribution >= 0.6 is 0 Å². The summed E-state index contributed by atoms with van der Waals surface area (Å²) < 4.78 is 54.5. The fraction of sp³-hybridized carbons (Fsp3) is 0.419. The smallest absolute Gasteiger partial charge is 0.303 e. The summed E-state index contributed by atoms with van der Waals surface area (Å²) in [5.74, 6) is -3.07. The Morgan fingerprint density at radius 3 is 2.38 bits per heavy atom. The van der Waals surface area contributed by atoms with E-state index in [0.29, 0.717) is 29.0 Å². The molecular formula is C31H38F3NO4. The fourth-order valence-corrected chi connectivity index (χ4v) is 4.47. The average Bonchev–Trinajstić information content (AvgIpc) is 2.89. The number of aryl methyl sites for hydroxylation is 1. The van der Waals surface area contributed by atoms with Crippen LogP contribution in [0, 0.1) is 22.9 Å². The maximum atomic E-state index is 14.8. The van der Waals surface area contributed by atoms with E-state index in [1.54, 1.807) is 18.2 Å². The van der Waals surface area contributed by atoms with Crippen LogP contribution < -0.4 is 9.47 Å². The van der Waals surface area contributed by atoms with Gasteiger partial charge in [0.2, 0.25) is 5.88 Å². The van der Waals surface area contributed by atoms with Crippen molar-refractivity contribution < 1.29 is 32.5 Å². The molecule has 0 amide bonds. The number of aromatic nitrogens is 1. The summed E-state index contributed by atoms with van der Waals surface area (Å²) in [6.45, 7) is 10.3. The van der Waals surface area contributed by atoms with E-state index in [1.807, 2.05) is 19.9 Å². The van der Waals surface area contributed by atoms with Crippen molar-refractivity contribution in [1.82, 2.24) is 4.98 Å². The molecule has 3 aromatic rings. The molecule has 5 nitrogen and oxygen atoms in total. The molecule has 39 heavy (non-hydrogen) atoms. The third-order valence-electron chi connectivity index (χ3n) is 6.18. The molecule has 0 unspecified atom stereocenters. The highest BCUT2D eigenvalue weighted by Gasteiger charge is 2.22. The maximum Gasteiger partial charge on any atom is 0.303 e. The Labute approximate surface area is 229 Å². The van der Waals surface area contributed by atoms with Crippen LogP contribution in [0.25, 0.3) is 11.1 Å². The Balaban J connectivity index is 0.00000260. The lowest BCUT2D eigenvalue weighted by Gasteiger charge is -2.26. The Morgan fingerprint density at radius 1 is 1.03 bits per heavy atom. The van der Waals surface area contributed by atoms with Gasteiger partial charge in [0.15, 0.2) is 11.6 Å². The summed E-state index contributed by atoms with van der Waals surface area (Å²) >= 11 is 0. The van der Waals surface area contributed by atoms with Crippen LogP contribution in [-0.2, 0) is 24.2 Å². The second kappa shape index (κ2) is 14.6. The molecule has 0 radical (unpaired) electrons. The summed E-state index contributed by atoms with van der Waals surface area (Å²) in [6, 6.07) is 8.90.